The molecular formula is C32H41N3O5S2. The van der Waals surface area contributed by atoms with Crippen molar-refractivity contribution in [1.82, 2.24) is 10.2 Å². The number of rotatable bonds is 14. The van der Waals surface area contributed by atoms with Gasteiger partial charge in [-0.2, -0.15) is 0 Å². The van der Waals surface area contributed by atoms with Crippen molar-refractivity contribution in [1.29, 1.82) is 0 Å². The SMILES string of the molecule is CCOc1ccccc1N(CC(=O)N(Cc1ccccc1C)[C@H](C)C(=O)N[C@H](C)CC)S(=O)(=O)c1ccc(SC)cc1. The Morgan fingerprint density at radius 2 is 1.60 bits per heavy atom. The number of anilines is 1. The predicted octanol–water partition coefficient (Wildman–Crippen LogP) is 5.64. The number of para-hydroxylation sites is 2. The Morgan fingerprint density at radius 1 is 0.952 bits per heavy atom. The van der Waals surface area contributed by atoms with Crippen LogP contribution in [0.4, 0.5) is 5.69 Å². The van der Waals surface area contributed by atoms with Gasteiger partial charge in [-0.1, -0.05) is 43.3 Å². The highest BCUT2D eigenvalue weighted by atomic mass is 32.2. The lowest BCUT2D eigenvalue weighted by Gasteiger charge is -2.33. The van der Waals surface area contributed by atoms with E-state index in [9.17, 15) is 18.0 Å². The van der Waals surface area contributed by atoms with Gasteiger partial charge in [0.05, 0.1) is 17.2 Å². The molecule has 0 saturated carbocycles. The van der Waals surface area contributed by atoms with E-state index in [2.05, 4.69) is 5.32 Å². The van der Waals surface area contributed by atoms with Crippen LogP contribution in [0.25, 0.3) is 0 Å². The molecule has 0 spiro atoms. The molecule has 1 N–H and O–H groups in total. The smallest absolute Gasteiger partial charge is 0.264 e. The van der Waals surface area contributed by atoms with Gasteiger partial charge >= 0.3 is 0 Å². The van der Waals surface area contributed by atoms with Gasteiger partial charge in [-0.3, -0.25) is 13.9 Å². The molecule has 0 bridgehead atoms. The van der Waals surface area contributed by atoms with Gasteiger partial charge in [0.2, 0.25) is 11.8 Å². The van der Waals surface area contributed by atoms with E-state index in [0.717, 1.165) is 26.7 Å². The molecule has 0 aliphatic carbocycles. The molecule has 0 aromatic heterocycles. The summed E-state index contributed by atoms with van der Waals surface area (Å²) in [5, 5.41) is 2.96. The van der Waals surface area contributed by atoms with Crippen LogP contribution >= 0.6 is 11.8 Å². The number of carbonyl (C=O) groups excluding carboxylic acids is 2. The fraction of sp³-hybridized carbons (Fsp3) is 0.375. The second-order valence-electron chi connectivity index (χ2n) is 10.0. The van der Waals surface area contributed by atoms with E-state index < -0.39 is 28.5 Å². The zero-order valence-corrected chi connectivity index (χ0v) is 26.8. The summed E-state index contributed by atoms with van der Waals surface area (Å²) in [4.78, 5) is 29.8. The van der Waals surface area contributed by atoms with Gasteiger partial charge in [-0.15, -0.1) is 11.8 Å². The highest BCUT2D eigenvalue weighted by Gasteiger charge is 2.34. The van der Waals surface area contributed by atoms with Gasteiger partial charge in [0.15, 0.2) is 0 Å². The van der Waals surface area contributed by atoms with Gasteiger partial charge in [-0.05, 0) is 87.9 Å². The number of sulfonamides is 1. The summed E-state index contributed by atoms with van der Waals surface area (Å²) in [5.41, 5.74) is 2.07. The molecule has 3 aromatic carbocycles. The maximum absolute atomic E-state index is 14.2. The number of hydrogen-bond acceptors (Lipinski definition) is 6. The first-order valence-corrected chi connectivity index (χ1v) is 16.7. The number of hydrogen-bond donors (Lipinski definition) is 1. The van der Waals surface area contributed by atoms with E-state index in [1.807, 2.05) is 58.2 Å². The molecule has 0 unspecified atom stereocenters. The summed E-state index contributed by atoms with van der Waals surface area (Å²) in [6, 6.07) is 20.0. The Labute approximate surface area is 254 Å². The number of benzene rings is 3. The van der Waals surface area contributed by atoms with Gasteiger partial charge in [0.1, 0.15) is 18.3 Å². The number of amides is 2. The molecule has 226 valence electrons. The first kappa shape index (κ1) is 33.0. The Morgan fingerprint density at radius 3 is 2.21 bits per heavy atom. The van der Waals surface area contributed by atoms with Crippen LogP contribution in [0.3, 0.4) is 0 Å². The summed E-state index contributed by atoms with van der Waals surface area (Å²) >= 11 is 1.50. The highest BCUT2D eigenvalue weighted by Crippen LogP contribution is 2.33. The van der Waals surface area contributed by atoms with Gasteiger partial charge in [-0.25, -0.2) is 8.42 Å². The Hall–Kier alpha value is -3.50. The first-order chi connectivity index (χ1) is 20.0. The summed E-state index contributed by atoms with van der Waals surface area (Å²) in [6.07, 6.45) is 2.65. The summed E-state index contributed by atoms with van der Waals surface area (Å²) in [5.74, 6) is -0.478. The second-order valence-corrected chi connectivity index (χ2v) is 12.8. The average Bonchev–Trinajstić information content (AvgIpc) is 2.99. The van der Waals surface area contributed by atoms with E-state index in [4.69, 9.17) is 4.74 Å². The molecule has 0 fully saturated rings. The lowest BCUT2D eigenvalue weighted by Crippen LogP contribution is -2.52. The lowest BCUT2D eigenvalue weighted by molar-refractivity contribution is -0.139. The molecule has 0 heterocycles. The number of carbonyl (C=O) groups is 2. The van der Waals surface area contributed by atoms with Crippen molar-refractivity contribution in [2.24, 2.45) is 0 Å². The fourth-order valence-electron chi connectivity index (χ4n) is 4.35. The Balaban J connectivity index is 2.09. The Bertz CT molecular complexity index is 1460. The van der Waals surface area contributed by atoms with E-state index in [-0.39, 0.29) is 29.1 Å². The summed E-state index contributed by atoms with van der Waals surface area (Å²) in [7, 11) is -4.20. The van der Waals surface area contributed by atoms with Crippen LogP contribution in [0, 0.1) is 6.92 Å². The summed E-state index contributed by atoms with van der Waals surface area (Å²) < 4.78 is 35.2. The number of nitrogens with zero attached hydrogens (tertiary/aromatic N) is 2. The van der Waals surface area contributed by atoms with Crippen molar-refractivity contribution >= 4 is 39.3 Å². The second kappa shape index (κ2) is 15.1. The first-order valence-electron chi connectivity index (χ1n) is 14.1. The van der Waals surface area contributed by atoms with Crippen molar-refractivity contribution in [3.63, 3.8) is 0 Å². The minimum absolute atomic E-state index is 0.0485. The van der Waals surface area contributed by atoms with Crippen LogP contribution in [0.15, 0.2) is 82.6 Å². The lowest BCUT2D eigenvalue weighted by atomic mass is 10.1. The largest absolute Gasteiger partial charge is 0.492 e. The number of ether oxygens (including phenoxy) is 1. The quantitative estimate of drug-likeness (QED) is 0.237. The van der Waals surface area contributed by atoms with Crippen molar-refractivity contribution < 1.29 is 22.7 Å². The van der Waals surface area contributed by atoms with E-state index in [1.165, 1.54) is 28.8 Å². The summed E-state index contributed by atoms with van der Waals surface area (Å²) in [6.45, 7) is 9.22. The van der Waals surface area contributed by atoms with E-state index >= 15 is 0 Å². The maximum atomic E-state index is 14.2. The Kier molecular flexibility index (Phi) is 11.9. The van der Waals surface area contributed by atoms with Crippen LogP contribution in [-0.4, -0.2) is 56.6 Å². The predicted molar refractivity (Wildman–Crippen MR) is 169 cm³/mol. The molecule has 2 atom stereocenters. The van der Waals surface area contributed by atoms with Crippen molar-refractivity contribution in [2.45, 2.75) is 69.5 Å². The van der Waals surface area contributed by atoms with Crippen LogP contribution in [0.5, 0.6) is 5.75 Å². The van der Waals surface area contributed by atoms with Crippen LogP contribution < -0.4 is 14.4 Å². The molecule has 3 rings (SSSR count). The third kappa shape index (κ3) is 8.07. The topological polar surface area (TPSA) is 96.0 Å². The minimum Gasteiger partial charge on any atom is -0.492 e. The van der Waals surface area contributed by atoms with Crippen molar-refractivity contribution in [3.05, 3.63) is 83.9 Å². The molecule has 0 radical (unpaired) electrons. The number of thioether (sulfide) groups is 1. The normalized spacial score (nSPS) is 12.7. The molecular weight excluding hydrogens is 571 g/mol. The van der Waals surface area contributed by atoms with E-state index in [0.29, 0.717) is 12.4 Å². The molecule has 3 aromatic rings. The molecule has 0 saturated heterocycles. The molecule has 8 nitrogen and oxygen atoms in total. The number of aryl methyl sites for hydroxylation is 1. The minimum atomic E-state index is -4.20. The van der Waals surface area contributed by atoms with Gasteiger partial charge in [0.25, 0.3) is 10.0 Å². The highest BCUT2D eigenvalue weighted by molar-refractivity contribution is 7.98. The molecule has 42 heavy (non-hydrogen) atoms. The zero-order valence-electron chi connectivity index (χ0n) is 25.2. The third-order valence-corrected chi connectivity index (χ3v) is 9.65. The van der Waals surface area contributed by atoms with Crippen LogP contribution in [-0.2, 0) is 26.2 Å². The van der Waals surface area contributed by atoms with Crippen LogP contribution in [0.2, 0.25) is 0 Å². The van der Waals surface area contributed by atoms with Gasteiger partial charge in [0, 0.05) is 17.5 Å². The fourth-order valence-corrected chi connectivity index (χ4v) is 6.18. The average molecular weight is 612 g/mol. The van der Waals surface area contributed by atoms with Gasteiger partial charge < -0.3 is 15.0 Å². The van der Waals surface area contributed by atoms with E-state index in [1.54, 1.807) is 43.3 Å². The molecule has 10 heteroatoms. The standard InChI is InChI=1S/C32H41N3O5S2/c1-7-24(4)33-32(37)25(5)34(21-26-14-10-9-13-23(26)3)31(36)22-35(29-15-11-12-16-30(29)40-8-2)42(38,39)28-19-17-27(41-6)18-20-28/h9-20,24-25H,7-8,21-22H2,1-6H3,(H,33,37)/t24-,25-/m1/s1. The third-order valence-electron chi connectivity index (χ3n) is 7.13. The van der Waals surface area contributed by atoms with Crippen molar-refractivity contribution in [2.75, 3.05) is 23.7 Å². The molecule has 0 aliphatic rings. The number of nitrogens with one attached hydrogen (secondary N) is 1. The van der Waals surface area contributed by atoms with Crippen LogP contribution in [0.1, 0.15) is 45.2 Å². The molecule has 0 aliphatic heterocycles. The van der Waals surface area contributed by atoms with Crippen molar-refractivity contribution in [3.8, 4) is 5.75 Å². The zero-order chi connectivity index (χ0) is 30.9. The monoisotopic (exact) mass is 611 g/mol. The molecule has 2 amide bonds. The maximum Gasteiger partial charge on any atom is 0.264 e.